The third kappa shape index (κ3) is 5.22. The summed E-state index contributed by atoms with van der Waals surface area (Å²) in [7, 11) is 0. The van der Waals surface area contributed by atoms with Gasteiger partial charge in [-0.3, -0.25) is 4.90 Å². The van der Waals surface area contributed by atoms with Crippen LogP contribution in [0, 0.1) is 5.82 Å². The lowest BCUT2D eigenvalue weighted by atomic mass is 10.0. The van der Waals surface area contributed by atoms with E-state index in [-0.39, 0.29) is 17.5 Å². The van der Waals surface area contributed by atoms with Gasteiger partial charge in [0, 0.05) is 36.8 Å². The second-order valence-corrected chi connectivity index (χ2v) is 8.03. The first-order valence-electron chi connectivity index (χ1n) is 10.7. The van der Waals surface area contributed by atoms with Gasteiger partial charge in [0.25, 0.3) is 6.01 Å². The Kier molecular flexibility index (Phi) is 6.83. The first-order chi connectivity index (χ1) is 15.1. The molecule has 1 aliphatic heterocycles. The van der Waals surface area contributed by atoms with Gasteiger partial charge >= 0.3 is 0 Å². The van der Waals surface area contributed by atoms with E-state index in [4.69, 9.17) is 25.5 Å². The molecule has 0 saturated carbocycles. The van der Waals surface area contributed by atoms with Crippen molar-refractivity contribution in [1.82, 2.24) is 9.88 Å². The SMILES string of the molecule is CCOc1cc(CN2CCC(Nc3nc4ccc(Cl)cc4o3)CC2)cc(OCC)c1F. The number of rotatable bonds is 8. The summed E-state index contributed by atoms with van der Waals surface area (Å²) < 4.78 is 31.2. The molecule has 0 radical (unpaired) electrons. The fraction of sp³-hybridized carbons (Fsp3) is 0.435. The van der Waals surface area contributed by atoms with E-state index in [1.54, 1.807) is 24.3 Å². The van der Waals surface area contributed by atoms with Gasteiger partial charge in [0.1, 0.15) is 5.52 Å². The number of nitrogens with zero attached hydrogens (tertiary/aromatic N) is 2. The van der Waals surface area contributed by atoms with Gasteiger partial charge in [-0.1, -0.05) is 11.6 Å². The zero-order chi connectivity index (χ0) is 21.8. The Labute approximate surface area is 186 Å². The molecule has 0 aliphatic carbocycles. The van der Waals surface area contributed by atoms with Gasteiger partial charge in [-0.2, -0.15) is 9.37 Å². The van der Waals surface area contributed by atoms with Crippen LogP contribution in [0.4, 0.5) is 10.4 Å². The number of anilines is 1. The molecule has 2 aromatic carbocycles. The van der Waals surface area contributed by atoms with Crippen molar-refractivity contribution in [2.45, 2.75) is 39.3 Å². The van der Waals surface area contributed by atoms with Gasteiger partial charge in [0.05, 0.1) is 13.2 Å². The number of nitrogens with one attached hydrogen (secondary N) is 1. The fourth-order valence-electron chi connectivity index (χ4n) is 3.87. The molecule has 1 aliphatic rings. The summed E-state index contributed by atoms with van der Waals surface area (Å²) in [5.74, 6) is 0.0575. The number of piperidine rings is 1. The highest BCUT2D eigenvalue weighted by molar-refractivity contribution is 6.31. The molecule has 8 heteroatoms. The Bertz CT molecular complexity index is 1010. The zero-order valence-electron chi connectivity index (χ0n) is 17.8. The van der Waals surface area contributed by atoms with Crippen LogP contribution in [0.15, 0.2) is 34.7 Å². The predicted molar refractivity (Wildman–Crippen MR) is 120 cm³/mol. The second kappa shape index (κ2) is 9.75. The minimum Gasteiger partial charge on any atom is -0.491 e. The van der Waals surface area contributed by atoms with E-state index < -0.39 is 5.82 Å². The number of likely N-dealkylation sites (tertiary alicyclic amines) is 1. The third-order valence-electron chi connectivity index (χ3n) is 5.34. The van der Waals surface area contributed by atoms with Crippen LogP contribution in [0.3, 0.4) is 0 Å². The van der Waals surface area contributed by atoms with Crippen molar-refractivity contribution >= 4 is 28.7 Å². The highest BCUT2D eigenvalue weighted by atomic mass is 35.5. The van der Waals surface area contributed by atoms with Crippen molar-refractivity contribution in [3.05, 3.63) is 46.7 Å². The maximum absolute atomic E-state index is 14.5. The van der Waals surface area contributed by atoms with Crippen LogP contribution in [0.25, 0.3) is 11.1 Å². The molecule has 6 nitrogen and oxygen atoms in total. The summed E-state index contributed by atoms with van der Waals surface area (Å²) in [5.41, 5.74) is 2.45. The average Bonchev–Trinajstić information content (AvgIpc) is 3.14. The molecule has 0 amide bonds. The lowest BCUT2D eigenvalue weighted by Gasteiger charge is -2.32. The maximum atomic E-state index is 14.5. The smallest absolute Gasteiger partial charge is 0.295 e. The number of hydrogen-bond acceptors (Lipinski definition) is 6. The van der Waals surface area contributed by atoms with Gasteiger partial charge in [0.2, 0.25) is 5.82 Å². The molecule has 1 saturated heterocycles. The lowest BCUT2D eigenvalue weighted by Crippen LogP contribution is -2.38. The van der Waals surface area contributed by atoms with Crippen molar-refractivity contribution in [3.63, 3.8) is 0 Å². The first-order valence-corrected chi connectivity index (χ1v) is 11.1. The summed E-state index contributed by atoms with van der Waals surface area (Å²) >= 11 is 6.02. The Balaban J connectivity index is 1.36. The van der Waals surface area contributed by atoms with Crippen LogP contribution in [0.5, 0.6) is 11.5 Å². The molecule has 2 heterocycles. The second-order valence-electron chi connectivity index (χ2n) is 7.60. The fourth-order valence-corrected chi connectivity index (χ4v) is 4.03. The molecule has 4 rings (SSSR count). The molecule has 0 unspecified atom stereocenters. The summed E-state index contributed by atoms with van der Waals surface area (Å²) in [6, 6.07) is 9.78. The van der Waals surface area contributed by atoms with Crippen LogP contribution in [-0.4, -0.2) is 42.2 Å². The minimum absolute atomic E-state index is 0.246. The standard InChI is InChI=1S/C23H27ClFN3O3/c1-3-29-20-11-15(12-21(22(20)25)30-4-2)14-28-9-7-17(8-10-28)26-23-27-18-6-5-16(24)13-19(18)31-23/h5-6,11-13,17H,3-4,7-10,14H2,1-2H3,(H,26,27). The molecule has 1 N–H and O–H groups in total. The summed E-state index contributed by atoms with van der Waals surface area (Å²) in [6.45, 7) is 7.04. The quantitative estimate of drug-likeness (QED) is 0.492. The number of ether oxygens (including phenoxy) is 2. The first kappa shape index (κ1) is 21.7. The van der Waals surface area contributed by atoms with Crippen LogP contribution in [0.2, 0.25) is 5.02 Å². The van der Waals surface area contributed by atoms with Crippen molar-refractivity contribution < 1.29 is 18.3 Å². The molecule has 3 aromatic rings. The molecular weight excluding hydrogens is 421 g/mol. The number of aromatic nitrogens is 1. The topological polar surface area (TPSA) is 59.8 Å². The molecule has 0 spiro atoms. The molecular formula is C23H27ClFN3O3. The summed E-state index contributed by atoms with van der Waals surface area (Å²) in [6.07, 6.45) is 1.91. The van der Waals surface area contributed by atoms with Gasteiger partial charge in [-0.15, -0.1) is 0 Å². The van der Waals surface area contributed by atoms with E-state index in [2.05, 4.69) is 15.2 Å². The predicted octanol–water partition coefficient (Wildman–Crippen LogP) is 5.49. The number of benzene rings is 2. The van der Waals surface area contributed by atoms with Crippen molar-refractivity contribution in [2.24, 2.45) is 0 Å². The van der Waals surface area contributed by atoms with E-state index in [1.165, 1.54) is 0 Å². The van der Waals surface area contributed by atoms with Crippen LogP contribution >= 0.6 is 11.6 Å². The van der Waals surface area contributed by atoms with E-state index in [0.29, 0.717) is 36.4 Å². The Hall–Kier alpha value is -2.51. The van der Waals surface area contributed by atoms with Crippen molar-refractivity contribution in [2.75, 3.05) is 31.6 Å². The average molecular weight is 448 g/mol. The van der Waals surface area contributed by atoms with Crippen LogP contribution < -0.4 is 14.8 Å². The Morgan fingerprint density at radius 3 is 2.45 bits per heavy atom. The lowest BCUT2D eigenvalue weighted by molar-refractivity contribution is 0.209. The highest BCUT2D eigenvalue weighted by Gasteiger charge is 2.22. The molecule has 1 aromatic heterocycles. The van der Waals surface area contributed by atoms with Crippen LogP contribution in [-0.2, 0) is 6.54 Å². The Morgan fingerprint density at radius 1 is 1.13 bits per heavy atom. The minimum atomic E-state index is -0.435. The van der Waals surface area contributed by atoms with E-state index in [0.717, 1.165) is 37.0 Å². The molecule has 0 bridgehead atoms. The normalized spacial score (nSPS) is 15.4. The largest absolute Gasteiger partial charge is 0.491 e. The third-order valence-corrected chi connectivity index (χ3v) is 5.57. The summed E-state index contributed by atoms with van der Waals surface area (Å²) in [4.78, 5) is 6.83. The van der Waals surface area contributed by atoms with Gasteiger partial charge < -0.3 is 19.2 Å². The number of hydrogen-bond donors (Lipinski definition) is 1. The maximum Gasteiger partial charge on any atom is 0.295 e. The number of oxazole rings is 1. The zero-order valence-corrected chi connectivity index (χ0v) is 18.5. The summed E-state index contributed by atoms with van der Waals surface area (Å²) in [5, 5.41) is 4.03. The molecule has 0 atom stereocenters. The highest BCUT2D eigenvalue weighted by Crippen LogP contribution is 2.30. The van der Waals surface area contributed by atoms with E-state index >= 15 is 0 Å². The number of halogens is 2. The van der Waals surface area contributed by atoms with Gasteiger partial charge in [-0.25, -0.2) is 0 Å². The Morgan fingerprint density at radius 2 is 1.81 bits per heavy atom. The van der Waals surface area contributed by atoms with Gasteiger partial charge in [0.15, 0.2) is 17.1 Å². The molecule has 1 fully saturated rings. The van der Waals surface area contributed by atoms with E-state index in [1.807, 2.05) is 19.9 Å². The monoisotopic (exact) mass is 447 g/mol. The van der Waals surface area contributed by atoms with Crippen LogP contribution in [0.1, 0.15) is 32.3 Å². The van der Waals surface area contributed by atoms with Crippen molar-refractivity contribution in [1.29, 1.82) is 0 Å². The molecule has 166 valence electrons. The number of fused-ring (bicyclic) bond motifs is 1. The van der Waals surface area contributed by atoms with Crippen molar-refractivity contribution in [3.8, 4) is 11.5 Å². The van der Waals surface area contributed by atoms with Gasteiger partial charge in [-0.05, 0) is 56.5 Å². The molecule has 31 heavy (non-hydrogen) atoms. The van der Waals surface area contributed by atoms with E-state index in [9.17, 15) is 4.39 Å².